The van der Waals surface area contributed by atoms with Crippen molar-refractivity contribution >= 4 is 11.7 Å². The van der Waals surface area contributed by atoms with Crippen LogP contribution < -0.4 is 5.32 Å². The highest BCUT2D eigenvalue weighted by atomic mass is 19.1. The SMILES string of the molecule is CNc1nccc(C(=O)N(C)CCC(C)O)c1F. The van der Waals surface area contributed by atoms with E-state index in [1.54, 1.807) is 14.0 Å². The number of aliphatic hydroxyl groups is 1. The summed E-state index contributed by atoms with van der Waals surface area (Å²) in [6, 6.07) is 1.34. The molecule has 0 spiro atoms. The summed E-state index contributed by atoms with van der Waals surface area (Å²) in [6.07, 6.45) is 1.34. The van der Waals surface area contributed by atoms with Crippen LogP contribution in [0.15, 0.2) is 12.3 Å². The van der Waals surface area contributed by atoms with Crippen molar-refractivity contribution in [1.82, 2.24) is 9.88 Å². The number of nitrogens with zero attached hydrogens (tertiary/aromatic N) is 2. The van der Waals surface area contributed by atoms with Crippen molar-refractivity contribution in [3.05, 3.63) is 23.6 Å². The summed E-state index contributed by atoms with van der Waals surface area (Å²) in [5.74, 6) is -1.04. The number of halogens is 1. The number of anilines is 1. The lowest BCUT2D eigenvalue weighted by molar-refractivity contribution is 0.0764. The maximum absolute atomic E-state index is 13.9. The van der Waals surface area contributed by atoms with Crippen LogP contribution in [0.3, 0.4) is 0 Å². The first kappa shape index (κ1) is 14.4. The molecule has 1 aromatic rings. The summed E-state index contributed by atoms with van der Waals surface area (Å²) >= 11 is 0. The molecule has 1 heterocycles. The number of aromatic nitrogens is 1. The Hall–Kier alpha value is -1.69. The van der Waals surface area contributed by atoms with Gasteiger partial charge in [0.05, 0.1) is 11.7 Å². The number of amides is 1. The smallest absolute Gasteiger partial charge is 0.256 e. The van der Waals surface area contributed by atoms with E-state index < -0.39 is 17.8 Å². The second kappa shape index (κ2) is 6.30. The Kier molecular flexibility index (Phi) is 5.03. The zero-order valence-corrected chi connectivity index (χ0v) is 10.8. The summed E-state index contributed by atoms with van der Waals surface area (Å²) in [5, 5.41) is 11.7. The number of rotatable bonds is 5. The number of nitrogens with one attached hydrogen (secondary N) is 1. The third-order valence-electron chi connectivity index (χ3n) is 2.59. The molecule has 2 N–H and O–H groups in total. The van der Waals surface area contributed by atoms with E-state index in [1.165, 1.54) is 24.2 Å². The minimum absolute atomic E-state index is 0.0255. The lowest BCUT2D eigenvalue weighted by atomic mass is 10.2. The molecular weight excluding hydrogens is 237 g/mol. The van der Waals surface area contributed by atoms with Gasteiger partial charge in [-0.1, -0.05) is 0 Å². The third kappa shape index (κ3) is 3.40. The third-order valence-corrected chi connectivity index (χ3v) is 2.59. The molecule has 1 atom stereocenters. The van der Waals surface area contributed by atoms with Crippen LogP contribution in [0.4, 0.5) is 10.2 Å². The van der Waals surface area contributed by atoms with Crippen molar-refractivity contribution in [3.8, 4) is 0 Å². The molecule has 6 heteroatoms. The van der Waals surface area contributed by atoms with E-state index in [0.717, 1.165) is 0 Å². The van der Waals surface area contributed by atoms with Gasteiger partial charge in [-0.25, -0.2) is 9.37 Å². The molecule has 0 saturated heterocycles. The molecule has 1 unspecified atom stereocenters. The fourth-order valence-corrected chi connectivity index (χ4v) is 1.47. The summed E-state index contributed by atoms with van der Waals surface area (Å²) in [5.41, 5.74) is -0.0255. The standard InChI is InChI=1S/C12H18FN3O2/c1-8(17)5-7-16(3)12(18)9-4-6-15-11(14-2)10(9)13/h4,6,8,17H,5,7H2,1-3H3,(H,14,15). The van der Waals surface area contributed by atoms with Crippen LogP contribution >= 0.6 is 0 Å². The molecule has 0 bridgehead atoms. The number of pyridine rings is 1. The van der Waals surface area contributed by atoms with Crippen LogP contribution in [0.1, 0.15) is 23.7 Å². The van der Waals surface area contributed by atoms with Crippen LogP contribution in [0.2, 0.25) is 0 Å². The Balaban J connectivity index is 2.83. The van der Waals surface area contributed by atoms with Gasteiger partial charge in [0.15, 0.2) is 11.6 Å². The number of carbonyl (C=O) groups excluding carboxylic acids is 1. The molecule has 1 aromatic heterocycles. The van der Waals surface area contributed by atoms with E-state index in [2.05, 4.69) is 10.3 Å². The average Bonchev–Trinajstić information content (AvgIpc) is 2.35. The minimum atomic E-state index is -0.658. The Bertz CT molecular complexity index is 424. The van der Waals surface area contributed by atoms with E-state index >= 15 is 0 Å². The highest BCUT2D eigenvalue weighted by molar-refractivity contribution is 5.95. The maximum Gasteiger partial charge on any atom is 0.256 e. The molecule has 0 aliphatic carbocycles. The molecule has 0 fully saturated rings. The molecule has 0 aromatic carbocycles. The van der Waals surface area contributed by atoms with Crippen LogP contribution in [-0.4, -0.2) is 47.6 Å². The average molecular weight is 255 g/mol. The normalized spacial score (nSPS) is 12.1. The van der Waals surface area contributed by atoms with Gasteiger partial charge in [-0.05, 0) is 19.4 Å². The van der Waals surface area contributed by atoms with Gasteiger partial charge in [0.25, 0.3) is 5.91 Å². The quantitative estimate of drug-likeness (QED) is 0.827. The second-order valence-corrected chi connectivity index (χ2v) is 4.14. The molecule has 0 aliphatic rings. The van der Waals surface area contributed by atoms with Crippen molar-refractivity contribution in [1.29, 1.82) is 0 Å². The van der Waals surface area contributed by atoms with Gasteiger partial charge < -0.3 is 15.3 Å². The van der Waals surface area contributed by atoms with Crippen LogP contribution in [-0.2, 0) is 0 Å². The van der Waals surface area contributed by atoms with Crippen LogP contribution in [0.25, 0.3) is 0 Å². The molecule has 1 rings (SSSR count). The van der Waals surface area contributed by atoms with Gasteiger partial charge >= 0.3 is 0 Å². The largest absolute Gasteiger partial charge is 0.393 e. The Morgan fingerprint density at radius 1 is 1.67 bits per heavy atom. The van der Waals surface area contributed by atoms with Gasteiger partial charge in [-0.2, -0.15) is 0 Å². The Labute approximate surface area is 106 Å². The summed E-state index contributed by atoms with van der Waals surface area (Å²) in [7, 11) is 3.11. The number of carbonyl (C=O) groups is 1. The van der Waals surface area contributed by atoms with E-state index in [4.69, 9.17) is 5.11 Å². The van der Waals surface area contributed by atoms with E-state index in [9.17, 15) is 9.18 Å². The first-order valence-electron chi connectivity index (χ1n) is 5.73. The van der Waals surface area contributed by atoms with E-state index in [-0.39, 0.29) is 11.4 Å². The molecule has 100 valence electrons. The van der Waals surface area contributed by atoms with Gasteiger partial charge in [0, 0.05) is 26.8 Å². The summed E-state index contributed by atoms with van der Waals surface area (Å²) < 4.78 is 13.9. The van der Waals surface area contributed by atoms with E-state index in [1.807, 2.05) is 0 Å². The zero-order valence-electron chi connectivity index (χ0n) is 10.8. The second-order valence-electron chi connectivity index (χ2n) is 4.14. The maximum atomic E-state index is 13.9. The topological polar surface area (TPSA) is 65.5 Å². The predicted octanol–water partition coefficient (Wildman–Crippen LogP) is 1.11. The zero-order chi connectivity index (χ0) is 13.7. The number of hydrogen-bond acceptors (Lipinski definition) is 4. The van der Waals surface area contributed by atoms with E-state index in [0.29, 0.717) is 13.0 Å². The van der Waals surface area contributed by atoms with Gasteiger partial charge in [-0.3, -0.25) is 4.79 Å². The van der Waals surface area contributed by atoms with Gasteiger partial charge in [0.1, 0.15) is 0 Å². The van der Waals surface area contributed by atoms with Crippen molar-refractivity contribution < 1.29 is 14.3 Å². The number of hydrogen-bond donors (Lipinski definition) is 2. The Morgan fingerprint density at radius 2 is 2.33 bits per heavy atom. The monoisotopic (exact) mass is 255 g/mol. The van der Waals surface area contributed by atoms with Crippen molar-refractivity contribution in [3.63, 3.8) is 0 Å². The molecular formula is C12H18FN3O2. The van der Waals surface area contributed by atoms with Crippen molar-refractivity contribution in [2.45, 2.75) is 19.4 Å². The predicted molar refractivity (Wildman–Crippen MR) is 67.0 cm³/mol. The summed E-state index contributed by atoms with van der Waals surface area (Å²) in [4.78, 5) is 17.2. The van der Waals surface area contributed by atoms with Crippen LogP contribution in [0.5, 0.6) is 0 Å². The highest BCUT2D eigenvalue weighted by Crippen LogP contribution is 2.16. The molecule has 5 nitrogen and oxygen atoms in total. The van der Waals surface area contributed by atoms with Crippen LogP contribution in [0, 0.1) is 5.82 Å². The van der Waals surface area contributed by atoms with Crippen molar-refractivity contribution in [2.24, 2.45) is 0 Å². The summed E-state index contributed by atoms with van der Waals surface area (Å²) in [6.45, 7) is 2.01. The fraction of sp³-hybridized carbons (Fsp3) is 0.500. The molecule has 0 aliphatic heterocycles. The molecule has 0 radical (unpaired) electrons. The molecule has 1 amide bonds. The number of aliphatic hydroxyl groups excluding tert-OH is 1. The highest BCUT2D eigenvalue weighted by Gasteiger charge is 2.18. The minimum Gasteiger partial charge on any atom is -0.393 e. The fourth-order valence-electron chi connectivity index (χ4n) is 1.47. The first-order valence-corrected chi connectivity index (χ1v) is 5.73. The molecule has 18 heavy (non-hydrogen) atoms. The van der Waals surface area contributed by atoms with Gasteiger partial charge in [0.2, 0.25) is 0 Å². The lowest BCUT2D eigenvalue weighted by Crippen LogP contribution is -2.30. The Morgan fingerprint density at radius 3 is 2.89 bits per heavy atom. The van der Waals surface area contributed by atoms with Gasteiger partial charge in [-0.15, -0.1) is 0 Å². The first-order chi connectivity index (χ1) is 8.47. The molecule has 0 saturated carbocycles. The van der Waals surface area contributed by atoms with Crippen molar-refractivity contribution in [2.75, 3.05) is 26.0 Å². The lowest BCUT2D eigenvalue weighted by Gasteiger charge is -2.18.